The van der Waals surface area contributed by atoms with E-state index >= 15 is 0 Å². The molecule has 2 aliphatic rings. The highest BCUT2D eigenvalue weighted by atomic mass is 16.1. The number of fused-ring (bicyclic) bond motifs is 1. The van der Waals surface area contributed by atoms with Crippen molar-refractivity contribution in [3.63, 3.8) is 0 Å². The van der Waals surface area contributed by atoms with E-state index in [1.807, 2.05) is 0 Å². The Kier molecular flexibility index (Phi) is 2.52. The number of hydrogen-bond donors (Lipinski definition) is 0. The predicted molar refractivity (Wildman–Crippen MR) is 63.5 cm³/mol. The fourth-order valence-corrected chi connectivity index (χ4v) is 2.93. The van der Waals surface area contributed by atoms with Crippen LogP contribution in [0.1, 0.15) is 24.0 Å². The van der Waals surface area contributed by atoms with Crippen molar-refractivity contribution < 1.29 is 4.79 Å². The molecule has 1 aromatic rings. The molecule has 0 bridgehead atoms. The van der Waals surface area contributed by atoms with E-state index in [4.69, 9.17) is 0 Å². The standard InChI is InChI=1S/C14H17NO/c16-14-5-7-15(8-6-14)13-9-11-3-1-2-4-12(11)10-13/h1-4,13H,5-10H2. The topological polar surface area (TPSA) is 20.3 Å². The molecule has 0 atom stereocenters. The summed E-state index contributed by atoms with van der Waals surface area (Å²) in [5.74, 6) is 0.437. The number of piperidine rings is 1. The van der Waals surface area contributed by atoms with Gasteiger partial charge in [-0.2, -0.15) is 0 Å². The van der Waals surface area contributed by atoms with Gasteiger partial charge in [-0.15, -0.1) is 0 Å². The molecule has 1 aliphatic heterocycles. The maximum atomic E-state index is 11.2. The highest BCUT2D eigenvalue weighted by Gasteiger charge is 2.28. The Hall–Kier alpha value is -1.15. The summed E-state index contributed by atoms with van der Waals surface area (Å²) in [4.78, 5) is 13.7. The molecule has 0 saturated carbocycles. The van der Waals surface area contributed by atoms with Gasteiger partial charge in [0, 0.05) is 32.0 Å². The third-order valence-corrected chi connectivity index (χ3v) is 3.90. The van der Waals surface area contributed by atoms with Crippen molar-refractivity contribution in [1.82, 2.24) is 4.90 Å². The van der Waals surface area contributed by atoms with E-state index in [-0.39, 0.29) is 0 Å². The van der Waals surface area contributed by atoms with E-state index in [1.165, 1.54) is 24.0 Å². The maximum Gasteiger partial charge on any atom is 0.135 e. The summed E-state index contributed by atoms with van der Waals surface area (Å²) in [5, 5.41) is 0. The fraction of sp³-hybridized carbons (Fsp3) is 0.500. The van der Waals surface area contributed by atoms with Crippen LogP contribution in [0.4, 0.5) is 0 Å². The third kappa shape index (κ3) is 1.78. The van der Waals surface area contributed by atoms with Crippen LogP contribution >= 0.6 is 0 Å². The summed E-state index contributed by atoms with van der Waals surface area (Å²) in [6.07, 6.45) is 3.86. The highest BCUT2D eigenvalue weighted by Crippen LogP contribution is 2.26. The van der Waals surface area contributed by atoms with E-state index in [0.29, 0.717) is 11.8 Å². The van der Waals surface area contributed by atoms with E-state index in [9.17, 15) is 4.79 Å². The van der Waals surface area contributed by atoms with Crippen LogP contribution in [0.3, 0.4) is 0 Å². The lowest BCUT2D eigenvalue weighted by Gasteiger charge is -2.31. The van der Waals surface area contributed by atoms with Crippen LogP contribution in [0.15, 0.2) is 24.3 Å². The van der Waals surface area contributed by atoms with Crippen molar-refractivity contribution in [3.8, 4) is 0 Å². The third-order valence-electron chi connectivity index (χ3n) is 3.90. The quantitative estimate of drug-likeness (QED) is 0.712. The Bertz CT molecular complexity index is 378. The largest absolute Gasteiger partial charge is 0.300 e. The molecule has 1 saturated heterocycles. The van der Waals surface area contributed by atoms with Crippen LogP contribution in [-0.2, 0) is 17.6 Å². The summed E-state index contributed by atoms with van der Waals surface area (Å²) >= 11 is 0. The van der Waals surface area contributed by atoms with Crippen molar-refractivity contribution in [1.29, 1.82) is 0 Å². The lowest BCUT2D eigenvalue weighted by atomic mass is 10.1. The Morgan fingerprint density at radius 1 is 1.00 bits per heavy atom. The van der Waals surface area contributed by atoms with Gasteiger partial charge in [-0.1, -0.05) is 24.3 Å². The smallest absolute Gasteiger partial charge is 0.135 e. The molecule has 16 heavy (non-hydrogen) atoms. The van der Waals surface area contributed by atoms with Gasteiger partial charge < -0.3 is 0 Å². The Balaban J connectivity index is 1.69. The zero-order chi connectivity index (χ0) is 11.0. The van der Waals surface area contributed by atoms with Crippen molar-refractivity contribution in [2.24, 2.45) is 0 Å². The Labute approximate surface area is 96.3 Å². The molecule has 1 aromatic carbocycles. The second-order valence-corrected chi connectivity index (χ2v) is 4.91. The van der Waals surface area contributed by atoms with Crippen LogP contribution in [0.25, 0.3) is 0 Å². The van der Waals surface area contributed by atoms with Crippen LogP contribution in [-0.4, -0.2) is 29.8 Å². The number of likely N-dealkylation sites (tertiary alicyclic amines) is 1. The van der Waals surface area contributed by atoms with Crippen LogP contribution in [0.2, 0.25) is 0 Å². The minimum atomic E-state index is 0.437. The molecular formula is C14H17NO. The SMILES string of the molecule is O=C1CCN(C2Cc3ccccc3C2)CC1. The van der Waals surface area contributed by atoms with Gasteiger partial charge in [0.2, 0.25) is 0 Å². The van der Waals surface area contributed by atoms with Crippen molar-refractivity contribution >= 4 is 5.78 Å². The molecule has 0 aromatic heterocycles. The number of ketones is 1. The van der Waals surface area contributed by atoms with Crippen LogP contribution in [0, 0.1) is 0 Å². The summed E-state index contributed by atoms with van der Waals surface area (Å²) in [6, 6.07) is 9.38. The van der Waals surface area contributed by atoms with Gasteiger partial charge >= 0.3 is 0 Å². The number of nitrogens with zero attached hydrogens (tertiary/aromatic N) is 1. The fourth-order valence-electron chi connectivity index (χ4n) is 2.93. The second kappa shape index (κ2) is 4.02. The first kappa shape index (κ1) is 10.0. The average Bonchev–Trinajstić information content (AvgIpc) is 2.73. The zero-order valence-electron chi connectivity index (χ0n) is 9.48. The molecule has 1 heterocycles. The molecule has 84 valence electrons. The summed E-state index contributed by atoms with van der Waals surface area (Å²) in [7, 11) is 0. The molecule has 3 rings (SSSR count). The number of Topliss-reactive ketones (excluding diaryl/α,β-unsaturated/α-hetero) is 1. The molecule has 0 amide bonds. The van der Waals surface area contributed by atoms with Crippen molar-refractivity contribution in [2.45, 2.75) is 31.7 Å². The van der Waals surface area contributed by atoms with Gasteiger partial charge in [0.05, 0.1) is 0 Å². The number of carbonyl (C=O) groups is 1. The number of benzene rings is 1. The summed E-state index contributed by atoms with van der Waals surface area (Å²) < 4.78 is 0. The lowest BCUT2D eigenvalue weighted by molar-refractivity contribution is -0.121. The number of hydrogen-bond acceptors (Lipinski definition) is 2. The minimum Gasteiger partial charge on any atom is -0.300 e. The van der Waals surface area contributed by atoms with Crippen molar-refractivity contribution in [2.75, 3.05) is 13.1 Å². The molecule has 1 fully saturated rings. The molecular weight excluding hydrogens is 198 g/mol. The van der Waals surface area contributed by atoms with Crippen LogP contribution in [0.5, 0.6) is 0 Å². The molecule has 2 nitrogen and oxygen atoms in total. The Morgan fingerprint density at radius 3 is 2.12 bits per heavy atom. The Morgan fingerprint density at radius 2 is 1.56 bits per heavy atom. The highest BCUT2D eigenvalue weighted by molar-refractivity contribution is 5.79. The zero-order valence-corrected chi connectivity index (χ0v) is 9.48. The number of rotatable bonds is 1. The van der Waals surface area contributed by atoms with Gasteiger partial charge in [-0.25, -0.2) is 0 Å². The van der Waals surface area contributed by atoms with Crippen molar-refractivity contribution in [3.05, 3.63) is 35.4 Å². The molecule has 1 aliphatic carbocycles. The second-order valence-electron chi connectivity index (χ2n) is 4.91. The van der Waals surface area contributed by atoms with E-state index in [2.05, 4.69) is 29.2 Å². The first-order valence-corrected chi connectivity index (χ1v) is 6.15. The number of carbonyl (C=O) groups excluding carboxylic acids is 1. The first-order valence-electron chi connectivity index (χ1n) is 6.15. The molecule has 2 heteroatoms. The van der Waals surface area contributed by atoms with Gasteiger partial charge in [0.1, 0.15) is 5.78 Å². The molecule has 0 spiro atoms. The normalized spacial score (nSPS) is 22.4. The van der Waals surface area contributed by atoms with Gasteiger partial charge in [0.15, 0.2) is 0 Å². The summed E-state index contributed by atoms with van der Waals surface area (Å²) in [5.41, 5.74) is 3.01. The molecule has 0 unspecified atom stereocenters. The lowest BCUT2D eigenvalue weighted by Crippen LogP contribution is -2.42. The predicted octanol–water partition coefficient (Wildman–Crippen LogP) is 1.82. The van der Waals surface area contributed by atoms with E-state index in [1.54, 1.807) is 0 Å². The van der Waals surface area contributed by atoms with Gasteiger partial charge in [-0.05, 0) is 24.0 Å². The first-order chi connectivity index (χ1) is 7.83. The van der Waals surface area contributed by atoms with Crippen LogP contribution < -0.4 is 0 Å². The monoisotopic (exact) mass is 215 g/mol. The maximum absolute atomic E-state index is 11.2. The minimum absolute atomic E-state index is 0.437. The van der Waals surface area contributed by atoms with Gasteiger partial charge in [-0.3, -0.25) is 9.69 Å². The molecule has 0 N–H and O–H groups in total. The molecule has 0 radical (unpaired) electrons. The van der Waals surface area contributed by atoms with E-state index < -0.39 is 0 Å². The average molecular weight is 215 g/mol. The van der Waals surface area contributed by atoms with Gasteiger partial charge in [0.25, 0.3) is 0 Å². The van der Waals surface area contributed by atoms with E-state index in [0.717, 1.165) is 25.9 Å². The summed E-state index contributed by atoms with van der Waals surface area (Å²) in [6.45, 7) is 1.94.